The van der Waals surface area contributed by atoms with E-state index < -0.39 is 5.91 Å². The van der Waals surface area contributed by atoms with Gasteiger partial charge in [0.15, 0.2) is 0 Å². The molecule has 0 aliphatic rings. The summed E-state index contributed by atoms with van der Waals surface area (Å²) < 4.78 is 0. The number of carbonyl (C=O) groups is 1. The van der Waals surface area contributed by atoms with Gasteiger partial charge < -0.3 is 0 Å². The molecule has 0 heterocycles. The van der Waals surface area contributed by atoms with Gasteiger partial charge in [0.05, 0.1) is 0 Å². The highest BCUT2D eigenvalue weighted by Crippen LogP contribution is 2.10. The van der Waals surface area contributed by atoms with Gasteiger partial charge in [-0.3, -0.25) is 10.0 Å². The third kappa shape index (κ3) is 4.44. The highest BCUT2D eigenvalue weighted by molar-refractivity contribution is 6.30. The van der Waals surface area contributed by atoms with Crippen LogP contribution in [0.3, 0.4) is 0 Å². The fourth-order valence-corrected chi connectivity index (χ4v) is 1.05. The number of nitrogens with one attached hydrogen (secondary N) is 1. The van der Waals surface area contributed by atoms with Crippen LogP contribution in [0.5, 0.6) is 0 Å². The maximum atomic E-state index is 10.6. The summed E-state index contributed by atoms with van der Waals surface area (Å²) in [7, 11) is 0. The lowest BCUT2D eigenvalue weighted by atomic mass is 10.2. The van der Waals surface area contributed by atoms with Crippen LogP contribution in [-0.4, -0.2) is 11.1 Å². The summed E-state index contributed by atoms with van der Waals surface area (Å²) in [6.07, 6.45) is 6.25. The van der Waals surface area contributed by atoms with Crippen molar-refractivity contribution in [3.63, 3.8) is 0 Å². The molecule has 0 atom stereocenters. The smallest absolute Gasteiger partial charge is 0.267 e. The third-order valence-electron chi connectivity index (χ3n) is 1.63. The standard InChI is InChI=1S/C11H10ClNO2/c12-10-7-5-9(6-8-10)3-1-2-4-11(14)13-15/h1-8,15H,(H,13,14)/b3-1+,4-2+. The van der Waals surface area contributed by atoms with Crippen LogP contribution in [-0.2, 0) is 4.79 Å². The van der Waals surface area contributed by atoms with Crippen LogP contribution in [0.2, 0.25) is 5.02 Å². The average molecular weight is 224 g/mol. The Labute approximate surface area is 92.6 Å². The summed E-state index contributed by atoms with van der Waals surface area (Å²) in [5.74, 6) is -0.559. The Hall–Kier alpha value is -1.58. The summed E-state index contributed by atoms with van der Waals surface area (Å²) in [6, 6.07) is 7.29. The Kier molecular flexibility index (Phi) is 4.60. The topological polar surface area (TPSA) is 49.3 Å². The molecule has 3 nitrogen and oxygen atoms in total. The van der Waals surface area contributed by atoms with Crippen molar-refractivity contribution >= 4 is 23.6 Å². The maximum Gasteiger partial charge on any atom is 0.267 e. The molecule has 1 rings (SSSR count). The van der Waals surface area contributed by atoms with E-state index in [4.69, 9.17) is 16.8 Å². The van der Waals surface area contributed by atoms with Crippen molar-refractivity contribution in [3.05, 3.63) is 53.1 Å². The molecule has 0 saturated carbocycles. The zero-order valence-corrected chi connectivity index (χ0v) is 8.61. The molecule has 0 fully saturated rings. The van der Waals surface area contributed by atoms with E-state index in [0.29, 0.717) is 5.02 Å². The highest BCUT2D eigenvalue weighted by Gasteiger charge is 1.87. The Balaban J connectivity index is 2.55. The van der Waals surface area contributed by atoms with Gasteiger partial charge in [0.1, 0.15) is 0 Å². The van der Waals surface area contributed by atoms with Gasteiger partial charge in [-0.15, -0.1) is 0 Å². The van der Waals surface area contributed by atoms with E-state index in [1.165, 1.54) is 17.6 Å². The minimum atomic E-state index is -0.559. The zero-order chi connectivity index (χ0) is 11.1. The molecule has 1 amide bonds. The molecule has 1 aromatic rings. The van der Waals surface area contributed by atoms with Gasteiger partial charge >= 0.3 is 0 Å². The van der Waals surface area contributed by atoms with Crippen LogP contribution >= 0.6 is 11.6 Å². The number of hydrogen-bond acceptors (Lipinski definition) is 2. The molecular formula is C11H10ClNO2. The van der Waals surface area contributed by atoms with Gasteiger partial charge in [-0.2, -0.15) is 0 Å². The first-order chi connectivity index (χ1) is 7.22. The van der Waals surface area contributed by atoms with Crippen LogP contribution in [0, 0.1) is 0 Å². The Morgan fingerprint density at radius 3 is 2.53 bits per heavy atom. The van der Waals surface area contributed by atoms with Gasteiger partial charge in [-0.25, -0.2) is 5.48 Å². The molecule has 0 unspecified atom stereocenters. The van der Waals surface area contributed by atoms with Crippen LogP contribution in [0.25, 0.3) is 6.08 Å². The summed E-state index contributed by atoms with van der Waals surface area (Å²) in [5, 5.41) is 8.87. The number of benzene rings is 1. The number of allylic oxidation sites excluding steroid dienone is 2. The molecule has 0 aliphatic carbocycles. The van der Waals surface area contributed by atoms with Gasteiger partial charge in [-0.1, -0.05) is 42.0 Å². The molecule has 2 N–H and O–H groups in total. The summed E-state index contributed by atoms with van der Waals surface area (Å²) in [6.45, 7) is 0. The predicted molar refractivity (Wildman–Crippen MR) is 59.6 cm³/mol. The largest absolute Gasteiger partial charge is 0.288 e. The van der Waals surface area contributed by atoms with Crippen molar-refractivity contribution in [2.24, 2.45) is 0 Å². The number of hydroxylamine groups is 1. The molecule has 0 aliphatic heterocycles. The minimum absolute atomic E-state index is 0.559. The molecule has 0 saturated heterocycles. The summed E-state index contributed by atoms with van der Waals surface area (Å²) in [5.41, 5.74) is 2.47. The SMILES string of the molecule is O=C(/C=C/C=C/c1ccc(Cl)cc1)NO. The first-order valence-corrected chi connectivity index (χ1v) is 4.64. The van der Waals surface area contributed by atoms with Crippen molar-refractivity contribution in [1.29, 1.82) is 0 Å². The number of halogens is 1. The average Bonchev–Trinajstić information content (AvgIpc) is 2.26. The van der Waals surface area contributed by atoms with Crippen molar-refractivity contribution in [2.45, 2.75) is 0 Å². The molecule has 0 spiro atoms. The second kappa shape index (κ2) is 6.01. The number of amides is 1. The second-order valence-corrected chi connectivity index (χ2v) is 3.18. The van der Waals surface area contributed by atoms with Gasteiger partial charge in [-0.05, 0) is 17.7 Å². The first-order valence-electron chi connectivity index (χ1n) is 4.27. The monoisotopic (exact) mass is 223 g/mol. The normalized spacial score (nSPS) is 11.1. The van der Waals surface area contributed by atoms with Crippen LogP contribution < -0.4 is 5.48 Å². The molecule has 0 aromatic heterocycles. The molecule has 15 heavy (non-hydrogen) atoms. The lowest BCUT2D eigenvalue weighted by Gasteiger charge is -1.91. The molecule has 78 valence electrons. The summed E-state index contributed by atoms with van der Waals surface area (Å²) >= 11 is 5.71. The Morgan fingerprint density at radius 2 is 1.93 bits per heavy atom. The number of rotatable bonds is 3. The fourth-order valence-electron chi connectivity index (χ4n) is 0.921. The lowest BCUT2D eigenvalue weighted by Crippen LogP contribution is -2.14. The molecule has 0 radical (unpaired) electrons. The molecule has 4 heteroatoms. The second-order valence-electron chi connectivity index (χ2n) is 2.75. The van der Waals surface area contributed by atoms with E-state index in [1.807, 2.05) is 18.2 Å². The van der Waals surface area contributed by atoms with Gasteiger partial charge in [0.25, 0.3) is 5.91 Å². The zero-order valence-electron chi connectivity index (χ0n) is 7.85. The van der Waals surface area contributed by atoms with Gasteiger partial charge in [0.2, 0.25) is 0 Å². The fraction of sp³-hybridized carbons (Fsp3) is 0. The third-order valence-corrected chi connectivity index (χ3v) is 1.88. The quantitative estimate of drug-likeness (QED) is 0.358. The van der Waals surface area contributed by atoms with E-state index in [9.17, 15) is 4.79 Å². The minimum Gasteiger partial charge on any atom is -0.288 e. The molecule has 1 aromatic carbocycles. The maximum absolute atomic E-state index is 10.6. The van der Waals surface area contributed by atoms with Crippen molar-refractivity contribution in [1.82, 2.24) is 5.48 Å². The Morgan fingerprint density at radius 1 is 1.27 bits per heavy atom. The van der Waals surface area contributed by atoms with E-state index in [1.54, 1.807) is 18.2 Å². The number of hydrogen-bond donors (Lipinski definition) is 2. The highest BCUT2D eigenvalue weighted by atomic mass is 35.5. The Bertz CT molecular complexity index is 382. The van der Waals surface area contributed by atoms with Crippen LogP contribution in [0.15, 0.2) is 42.5 Å². The summed E-state index contributed by atoms with van der Waals surface area (Å²) in [4.78, 5) is 10.6. The van der Waals surface area contributed by atoms with E-state index in [0.717, 1.165) is 5.56 Å². The lowest BCUT2D eigenvalue weighted by molar-refractivity contribution is -0.124. The van der Waals surface area contributed by atoms with Crippen molar-refractivity contribution in [2.75, 3.05) is 0 Å². The van der Waals surface area contributed by atoms with Gasteiger partial charge in [0, 0.05) is 11.1 Å². The first kappa shape index (κ1) is 11.5. The predicted octanol–water partition coefficient (Wildman–Crippen LogP) is 2.41. The van der Waals surface area contributed by atoms with E-state index in [2.05, 4.69) is 0 Å². The van der Waals surface area contributed by atoms with E-state index in [-0.39, 0.29) is 0 Å². The number of carbonyl (C=O) groups excluding carboxylic acids is 1. The van der Waals surface area contributed by atoms with E-state index >= 15 is 0 Å². The van der Waals surface area contributed by atoms with Crippen molar-refractivity contribution in [3.8, 4) is 0 Å². The van der Waals surface area contributed by atoms with Crippen molar-refractivity contribution < 1.29 is 10.0 Å². The molecular weight excluding hydrogens is 214 g/mol. The van der Waals surface area contributed by atoms with Crippen LogP contribution in [0.1, 0.15) is 5.56 Å². The van der Waals surface area contributed by atoms with Crippen LogP contribution in [0.4, 0.5) is 0 Å². The molecule has 0 bridgehead atoms.